The number of halogens is 1. The third-order valence-electron chi connectivity index (χ3n) is 2.44. The van der Waals surface area contributed by atoms with Gasteiger partial charge in [0.05, 0.1) is 0 Å². The van der Waals surface area contributed by atoms with Crippen molar-refractivity contribution >= 4 is 22.6 Å². The summed E-state index contributed by atoms with van der Waals surface area (Å²) < 4.78 is 5.56. The van der Waals surface area contributed by atoms with Crippen LogP contribution in [-0.4, -0.2) is 5.11 Å². The highest BCUT2D eigenvalue weighted by atomic mass is 35.5. The van der Waals surface area contributed by atoms with Gasteiger partial charge in [0.2, 0.25) is 0 Å². The number of fused-ring (bicyclic) bond motifs is 1. The van der Waals surface area contributed by atoms with Crippen LogP contribution in [0.4, 0.5) is 0 Å². The van der Waals surface area contributed by atoms with Crippen LogP contribution >= 0.6 is 11.6 Å². The number of hydrogen-bond acceptors (Lipinski definition) is 2. The molecule has 0 aliphatic heterocycles. The van der Waals surface area contributed by atoms with Gasteiger partial charge in [-0.3, -0.25) is 0 Å². The van der Waals surface area contributed by atoms with Gasteiger partial charge in [-0.15, -0.1) is 0 Å². The first-order chi connectivity index (χ1) is 8.11. The molecule has 0 fully saturated rings. The maximum atomic E-state index is 9.01. The van der Waals surface area contributed by atoms with Crippen molar-refractivity contribution in [3.05, 3.63) is 34.5 Å². The Morgan fingerprint density at radius 1 is 1.24 bits per heavy atom. The third kappa shape index (κ3) is 3.02. The molecule has 2 aromatic rings. The summed E-state index contributed by atoms with van der Waals surface area (Å²) in [6, 6.07) is 5.59. The second kappa shape index (κ2) is 6.08. The Kier molecular flexibility index (Phi) is 5.03. The average molecular weight is 255 g/mol. The molecule has 0 aliphatic rings. The highest BCUT2D eigenvalue weighted by Gasteiger charge is 2.11. The zero-order valence-electron chi connectivity index (χ0n) is 10.7. The van der Waals surface area contributed by atoms with Gasteiger partial charge in [-0.25, -0.2) is 0 Å². The Labute approximate surface area is 107 Å². The van der Waals surface area contributed by atoms with Gasteiger partial charge >= 0.3 is 0 Å². The van der Waals surface area contributed by atoms with Gasteiger partial charge in [-0.1, -0.05) is 39.3 Å². The molecule has 0 aliphatic carbocycles. The summed E-state index contributed by atoms with van der Waals surface area (Å²) in [5.74, 6) is 0.929. The predicted molar refractivity (Wildman–Crippen MR) is 72.6 cm³/mol. The second-order valence-electron chi connectivity index (χ2n) is 3.94. The molecule has 0 radical (unpaired) electrons. The fourth-order valence-corrected chi connectivity index (χ4v) is 1.94. The molecular weight excluding hydrogens is 236 g/mol. The van der Waals surface area contributed by atoms with Gasteiger partial charge in [-0.2, -0.15) is 0 Å². The molecule has 0 bridgehead atoms. The number of benzene rings is 1. The maximum absolute atomic E-state index is 9.01. The zero-order chi connectivity index (χ0) is 13.0. The van der Waals surface area contributed by atoms with E-state index >= 15 is 0 Å². The third-order valence-corrected chi connectivity index (χ3v) is 2.66. The quantitative estimate of drug-likeness (QED) is 0.841. The molecule has 1 N–H and O–H groups in total. The standard InChI is InChI=1S/C12H13ClO2.C2H6/c1-7(2)11-5-9(13)3-8-4-10(6-14)15-12(8)11;1-2/h3-5,7,14H,6H2,1-2H3;1-2H3. The maximum Gasteiger partial charge on any atom is 0.137 e. The van der Waals surface area contributed by atoms with E-state index < -0.39 is 0 Å². The smallest absolute Gasteiger partial charge is 0.137 e. The molecule has 2 nitrogen and oxygen atoms in total. The topological polar surface area (TPSA) is 33.4 Å². The molecular formula is C14H19ClO2. The molecule has 0 spiro atoms. The summed E-state index contributed by atoms with van der Waals surface area (Å²) in [5, 5.41) is 10.7. The van der Waals surface area contributed by atoms with E-state index in [0.717, 1.165) is 16.5 Å². The summed E-state index contributed by atoms with van der Waals surface area (Å²) in [4.78, 5) is 0. The SMILES string of the molecule is CC.CC(C)c1cc(Cl)cc2cc(CO)oc12. The zero-order valence-corrected chi connectivity index (χ0v) is 11.5. The van der Waals surface area contributed by atoms with Gasteiger partial charge < -0.3 is 9.52 Å². The van der Waals surface area contributed by atoms with E-state index in [1.54, 1.807) is 0 Å². The van der Waals surface area contributed by atoms with E-state index in [4.69, 9.17) is 21.1 Å². The van der Waals surface area contributed by atoms with Crippen molar-refractivity contribution in [3.8, 4) is 0 Å². The lowest BCUT2D eigenvalue weighted by atomic mass is 10.0. The monoisotopic (exact) mass is 254 g/mol. The van der Waals surface area contributed by atoms with E-state index in [-0.39, 0.29) is 6.61 Å². The molecule has 0 saturated carbocycles. The van der Waals surface area contributed by atoms with Crippen LogP contribution in [0.2, 0.25) is 5.02 Å². The van der Waals surface area contributed by atoms with Crippen molar-refractivity contribution < 1.29 is 9.52 Å². The summed E-state index contributed by atoms with van der Waals surface area (Å²) in [5.41, 5.74) is 1.91. The first-order valence-corrected chi connectivity index (χ1v) is 6.32. The largest absolute Gasteiger partial charge is 0.458 e. The molecule has 2 rings (SSSR count). The first kappa shape index (κ1) is 14.1. The van der Waals surface area contributed by atoms with Crippen molar-refractivity contribution in [1.29, 1.82) is 0 Å². The molecule has 94 valence electrons. The summed E-state index contributed by atoms with van der Waals surface area (Å²) in [6.45, 7) is 8.10. The predicted octanol–water partition coefficient (Wildman–Crippen LogP) is 4.73. The molecule has 17 heavy (non-hydrogen) atoms. The van der Waals surface area contributed by atoms with Crippen LogP contribution in [0.5, 0.6) is 0 Å². The van der Waals surface area contributed by atoms with Crippen LogP contribution < -0.4 is 0 Å². The minimum atomic E-state index is -0.0795. The molecule has 0 unspecified atom stereocenters. The summed E-state index contributed by atoms with van der Waals surface area (Å²) >= 11 is 6.02. The lowest BCUT2D eigenvalue weighted by molar-refractivity contribution is 0.251. The molecule has 3 heteroatoms. The van der Waals surface area contributed by atoms with Gasteiger partial charge in [0.1, 0.15) is 18.0 Å². The number of aliphatic hydroxyl groups excluding tert-OH is 1. The lowest BCUT2D eigenvalue weighted by Crippen LogP contribution is -1.87. The van der Waals surface area contributed by atoms with Crippen LogP contribution in [0.25, 0.3) is 11.0 Å². The average Bonchev–Trinajstić information content (AvgIpc) is 2.73. The van der Waals surface area contributed by atoms with Crippen molar-refractivity contribution in [2.75, 3.05) is 0 Å². The van der Waals surface area contributed by atoms with Crippen LogP contribution in [0.3, 0.4) is 0 Å². The highest BCUT2D eigenvalue weighted by molar-refractivity contribution is 6.31. The fourth-order valence-electron chi connectivity index (χ4n) is 1.70. The molecule has 0 amide bonds. The Balaban J connectivity index is 0.000000686. The Morgan fingerprint density at radius 2 is 1.88 bits per heavy atom. The molecule has 0 saturated heterocycles. The molecule has 1 aromatic carbocycles. The van der Waals surface area contributed by atoms with E-state index in [9.17, 15) is 0 Å². The second-order valence-corrected chi connectivity index (χ2v) is 4.38. The Hall–Kier alpha value is -0.990. The Bertz CT molecular complexity index is 486. The summed E-state index contributed by atoms with van der Waals surface area (Å²) in [7, 11) is 0. The van der Waals surface area contributed by atoms with Gasteiger partial charge in [0.25, 0.3) is 0 Å². The Morgan fingerprint density at radius 3 is 2.41 bits per heavy atom. The van der Waals surface area contributed by atoms with Crippen LogP contribution in [-0.2, 0) is 6.61 Å². The van der Waals surface area contributed by atoms with Gasteiger partial charge in [0, 0.05) is 10.4 Å². The molecule has 0 atom stereocenters. The van der Waals surface area contributed by atoms with Crippen molar-refractivity contribution in [1.82, 2.24) is 0 Å². The summed E-state index contributed by atoms with van der Waals surface area (Å²) in [6.07, 6.45) is 0. The van der Waals surface area contributed by atoms with Crippen molar-refractivity contribution in [2.45, 2.75) is 40.2 Å². The van der Waals surface area contributed by atoms with Crippen LogP contribution in [0, 0.1) is 0 Å². The van der Waals surface area contributed by atoms with Gasteiger partial charge in [0.15, 0.2) is 0 Å². The number of aliphatic hydroxyl groups is 1. The first-order valence-electron chi connectivity index (χ1n) is 5.94. The minimum absolute atomic E-state index is 0.0795. The van der Waals surface area contributed by atoms with Crippen molar-refractivity contribution in [2.24, 2.45) is 0 Å². The number of furan rings is 1. The number of hydrogen-bond donors (Lipinski definition) is 1. The molecule has 1 aromatic heterocycles. The lowest BCUT2D eigenvalue weighted by Gasteiger charge is -2.06. The number of rotatable bonds is 2. The minimum Gasteiger partial charge on any atom is -0.458 e. The highest BCUT2D eigenvalue weighted by Crippen LogP contribution is 2.31. The van der Waals surface area contributed by atoms with Gasteiger partial charge in [-0.05, 0) is 29.7 Å². The van der Waals surface area contributed by atoms with E-state index in [2.05, 4.69) is 13.8 Å². The van der Waals surface area contributed by atoms with E-state index in [0.29, 0.717) is 16.7 Å². The van der Waals surface area contributed by atoms with E-state index in [1.807, 2.05) is 32.0 Å². The van der Waals surface area contributed by atoms with E-state index in [1.165, 1.54) is 0 Å². The van der Waals surface area contributed by atoms with Crippen LogP contribution in [0.15, 0.2) is 22.6 Å². The fraction of sp³-hybridized carbons (Fsp3) is 0.429. The van der Waals surface area contributed by atoms with Crippen molar-refractivity contribution in [3.63, 3.8) is 0 Å². The van der Waals surface area contributed by atoms with Crippen LogP contribution in [0.1, 0.15) is 44.9 Å². The molecule has 1 heterocycles. The normalized spacial score (nSPS) is 10.5.